The minimum atomic E-state index is -0.904. The molecule has 0 amide bonds. The van der Waals surface area contributed by atoms with Crippen LogP contribution in [0, 0.1) is 0 Å². The first-order valence-corrected chi connectivity index (χ1v) is 14.3. The van der Waals surface area contributed by atoms with Gasteiger partial charge in [0.15, 0.2) is 11.5 Å². The fourth-order valence-electron chi connectivity index (χ4n) is 5.81. The van der Waals surface area contributed by atoms with Gasteiger partial charge in [0.25, 0.3) is 0 Å². The van der Waals surface area contributed by atoms with Crippen molar-refractivity contribution in [2.75, 3.05) is 18.8 Å². The van der Waals surface area contributed by atoms with Crippen LogP contribution in [0.15, 0.2) is 109 Å². The number of anilines is 1. The molecule has 7 rings (SSSR count). The summed E-state index contributed by atoms with van der Waals surface area (Å²) in [6.45, 7) is 4.05. The van der Waals surface area contributed by atoms with E-state index in [4.69, 9.17) is 15.7 Å². The molecule has 1 fully saturated rings. The number of likely N-dealkylation sites (tertiary alicyclic amines) is 1. The third kappa shape index (κ3) is 4.91. The van der Waals surface area contributed by atoms with Crippen molar-refractivity contribution in [2.24, 2.45) is 0 Å². The maximum Gasteiger partial charge on any atom is 0.335 e. The summed E-state index contributed by atoms with van der Waals surface area (Å²) < 4.78 is 2.06. The maximum absolute atomic E-state index is 11.2. The van der Waals surface area contributed by atoms with Gasteiger partial charge in [-0.15, -0.1) is 0 Å². The van der Waals surface area contributed by atoms with Crippen molar-refractivity contribution in [3.8, 4) is 28.3 Å². The van der Waals surface area contributed by atoms with Crippen molar-refractivity contribution in [1.82, 2.24) is 24.4 Å². The number of carboxylic acid groups (broad SMARTS) is 1. The Bertz CT molecular complexity index is 1930. The summed E-state index contributed by atoms with van der Waals surface area (Å²) >= 11 is 0. The highest BCUT2D eigenvalue weighted by Gasteiger charge is 2.32. The molecule has 4 heterocycles. The number of hydrogen-bond donors (Lipinski definition) is 2. The summed E-state index contributed by atoms with van der Waals surface area (Å²) in [4.78, 5) is 27.9. The maximum atomic E-state index is 11.2. The molecule has 6 aromatic rings. The van der Waals surface area contributed by atoms with E-state index in [1.807, 2.05) is 54.6 Å². The summed E-state index contributed by atoms with van der Waals surface area (Å²) in [6, 6.07) is 33.9. The molecular formula is C35H30N6O2. The zero-order valence-electron chi connectivity index (χ0n) is 23.6. The number of hydrogen-bond acceptors (Lipinski definition) is 6. The Morgan fingerprint density at radius 1 is 0.884 bits per heavy atom. The lowest BCUT2D eigenvalue weighted by atomic mass is 9.88. The summed E-state index contributed by atoms with van der Waals surface area (Å²) in [7, 11) is 0. The van der Waals surface area contributed by atoms with E-state index in [1.54, 1.807) is 18.3 Å². The van der Waals surface area contributed by atoms with Crippen LogP contribution in [0.25, 0.3) is 39.5 Å². The molecular weight excluding hydrogens is 536 g/mol. The average molecular weight is 567 g/mol. The number of aromatic nitrogens is 4. The first-order chi connectivity index (χ1) is 21.0. The SMILES string of the molecule is CC(c1ccc(C(=O)O)cc1)N1CC(c2ccc(-n3c(-c4cccnc4N)nc4ccc(-c5ccccc5)nc43)cc2)C1. The monoisotopic (exact) mass is 566 g/mol. The van der Waals surface area contributed by atoms with E-state index in [-0.39, 0.29) is 6.04 Å². The van der Waals surface area contributed by atoms with Gasteiger partial charge in [-0.1, -0.05) is 54.6 Å². The minimum absolute atomic E-state index is 0.216. The van der Waals surface area contributed by atoms with E-state index in [1.165, 1.54) is 5.56 Å². The predicted molar refractivity (Wildman–Crippen MR) is 168 cm³/mol. The Kier molecular flexibility index (Phi) is 6.68. The highest BCUT2D eigenvalue weighted by atomic mass is 16.4. The van der Waals surface area contributed by atoms with E-state index < -0.39 is 5.97 Å². The molecule has 8 nitrogen and oxygen atoms in total. The van der Waals surface area contributed by atoms with E-state index in [0.29, 0.717) is 23.1 Å². The van der Waals surface area contributed by atoms with Gasteiger partial charge in [0.2, 0.25) is 0 Å². The van der Waals surface area contributed by atoms with E-state index in [0.717, 1.165) is 52.3 Å². The van der Waals surface area contributed by atoms with E-state index in [9.17, 15) is 9.90 Å². The Morgan fingerprint density at radius 2 is 1.63 bits per heavy atom. The molecule has 0 bridgehead atoms. The Morgan fingerprint density at radius 3 is 2.33 bits per heavy atom. The number of fused-ring (bicyclic) bond motifs is 1. The fraction of sp³-hybridized carbons (Fsp3) is 0.143. The number of pyridine rings is 2. The second-order valence-electron chi connectivity index (χ2n) is 11.0. The van der Waals surface area contributed by atoms with Gasteiger partial charge in [0.1, 0.15) is 11.3 Å². The zero-order chi connectivity index (χ0) is 29.5. The molecule has 212 valence electrons. The van der Waals surface area contributed by atoms with Crippen molar-refractivity contribution in [3.05, 3.63) is 126 Å². The molecule has 3 aromatic heterocycles. The van der Waals surface area contributed by atoms with Crippen molar-refractivity contribution >= 4 is 23.0 Å². The highest BCUT2D eigenvalue weighted by molar-refractivity contribution is 5.87. The number of nitrogens with two attached hydrogens (primary N) is 1. The van der Waals surface area contributed by atoms with Gasteiger partial charge in [-0.2, -0.15) is 0 Å². The number of aromatic carboxylic acids is 1. The van der Waals surface area contributed by atoms with Crippen LogP contribution in [0.2, 0.25) is 0 Å². The quantitative estimate of drug-likeness (QED) is 0.224. The number of nitrogen functional groups attached to an aromatic ring is 1. The third-order valence-corrected chi connectivity index (χ3v) is 8.37. The van der Waals surface area contributed by atoms with Crippen molar-refractivity contribution < 1.29 is 9.90 Å². The van der Waals surface area contributed by atoms with Gasteiger partial charge in [-0.25, -0.2) is 19.7 Å². The molecule has 1 saturated heterocycles. The number of nitrogens with zero attached hydrogens (tertiary/aromatic N) is 5. The zero-order valence-corrected chi connectivity index (χ0v) is 23.6. The summed E-state index contributed by atoms with van der Waals surface area (Å²) in [6.07, 6.45) is 1.68. The lowest BCUT2D eigenvalue weighted by Gasteiger charge is -2.43. The number of carbonyl (C=O) groups is 1. The van der Waals surface area contributed by atoms with Crippen LogP contribution in [-0.4, -0.2) is 48.6 Å². The Labute approximate surface area is 249 Å². The molecule has 1 atom stereocenters. The number of rotatable bonds is 7. The number of benzene rings is 3. The summed E-state index contributed by atoms with van der Waals surface area (Å²) in [5.41, 5.74) is 14.2. The van der Waals surface area contributed by atoms with Crippen molar-refractivity contribution in [3.63, 3.8) is 0 Å². The first kappa shape index (κ1) is 26.6. The summed E-state index contributed by atoms with van der Waals surface area (Å²) in [5.74, 6) is 0.633. The number of imidazole rings is 1. The van der Waals surface area contributed by atoms with Crippen LogP contribution in [0.1, 0.15) is 40.4 Å². The van der Waals surface area contributed by atoms with Crippen LogP contribution in [0.4, 0.5) is 5.82 Å². The Hall–Kier alpha value is -5.34. The second-order valence-corrected chi connectivity index (χ2v) is 11.0. The molecule has 1 unspecified atom stereocenters. The highest BCUT2D eigenvalue weighted by Crippen LogP contribution is 2.36. The first-order valence-electron chi connectivity index (χ1n) is 14.3. The molecule has 8 heteroatoms. The molecule has 1 aliphatic rings. The van der Waals surface area contributed by atoms with Crippen LogP contribution < -0.4 is 5.73 Å². The van der Waals surface area contributed by atoms with Gasteiger partial charge >= 0.3 is 5.97 Å². The molecule has 3 N–H and O–H groups in total. The lowest BCUT2D eigenvalue weighted by molar-refractivity contribution is 0.0696. The van der Waals surface area contributed by atoms with Crippen molar-refractivity contribution in [1.29, 1.82) is 0 Å². The number of carboxylic acids is 1. The van der Waals surface area contributed by atoms with Gasteiger partial charge in [0.05, 0.1) is 16.8 Å². The molecule has 0 spiro atoms. The average Bonchev–Trinajstić information content (AvgIpc) is 3.40. The molecule has 43 heavy (non-hydrogen) atoms. The standard InChI is InChI=1S/C35H30N6O2/c1-22(23-9-11-26(12-10-23)35(42)43)40-20-27(21-40)24-13-15-28(16-14-24)41-33(29-8-5-19-37-32(29)36)39-31-18-17-30(38-34(31)41)25-6-3-2-4-7-25/h2-19,22,27H,20-21H2,1H3,(H2,36,37)(H,42,43). The third-order valence-electron chi connectivity index (χ3n) is 8.37. The van der Waals surface area contributed by atoms with Crippen LogP contribution in [-0.2, 0) is 0 Å². The normalized spacial score (nSPS) is 14.4. The largest absolute Gasteiger partial charge is 0.478 e. The Balaban J connectivity index is 1.19. The molecule has 0 aliphatic carbocycles. The lowest BCUT2D eigenvalue weighted by Crippen LogP contribution is -2.46. The van der Waals surface area contributed by atoms with Gasteiger partial charge in [-0.05, 0) is 66.6 Å². The van der Waals surface area contributed by atoms with Gasteiger partial charge in [-0.3, -0.25) is 9.47 Å². The topological polar surface area (TPSA) is 110 Å². The van der Waals surface area contributed by atoms with Crippen LogP contribution in [0.5, 0.6) is 0 Å². The minimum Gasteiger partial charge on any atom is -0.478 e. The van der Waals surface area contributed by atoms with E-state index in [2.05, 4.69) is 57.8 Å². The van der Waals surface area contributed by atoms with E-state index >= 15 is 0 Å². The summed E-state index contributed by atoms with van der Waals surface area (Å²) in [5, 5.41) is 9.19. The smallest absolute Gasteiger partial charge is 0.335 e. The van der Waals surface area contributed by atoms with Crippen LogP contribution >= 0.6 is 0 Å². The van der Waals surface area contributed by atoms with Crippen molar-refractivity contribution in [2.45, 2.75) is 18.9 Å². The molecule has 0 saturated carbocycles. The molecule has 3 aromatic carbocycles. The van der Waals surface area contributed by atoms with Crippen LogP contribution in [0.3, 0.4) is 0 Å². The van der Waals surface area contributed by atoms with Gasteiger partial charge < -0.3 is 10.8 Å². The predicted octanol–water partition coefficient (Wildman–Crippen LogP) is 6.59. The fourth-order valence-corrected chi connectivity index (χ4v) is 5.81. The molecule has 0 radical (unpaired) electrons. The van der Waals surface area contributed by atoms with Gasteiger partial charge in [0, 0.05) is 42.5 Å². The second kappa shape index (κ2) is 10.8. The molecule has 1 aliphatic heterocycles.